The normalized spacial score (nSPS) is 12.6. The topological polar surface area (TPSA) is 39.2 Å². The van der Waals surface area contributed by atoms with Gasteiger partial charge in [0.1, 0.15) is 6.10 Å². The first-order valence-electron chi connectivity index (χ1n) is 5.73. The second-order valence-electron chi connectivity index (χ2n) is 3.87. The molecule has 0 N–H and O–H groups in total. The van der Waals surface area contributed by atoms with Crippen molar-refractivity contribution in [2.24, 2.45) is 0 Å². The highest BCUT2D eigenvalue weighted by molar-refractivity contribution is 6.01. The van der Waals surface area contributed by atoms with Gasteiger partial charge < -0.3 is 4.74 Å². The second kappa shape index (κ2) is 5.06. The molecule has 88 valence electrons. The van der Waals surface area contributed by atoms with E-state index >= 15 is 0 Å². The fourth-order valence-corrected chi connectivity index (χ4v) is 1.78. The predicted molar refractivity (Wildman–Crippen MR) is 67.2 cm³/mol. The molecule has 1 heterocycles. The minimum absolute atomic E-state index is 0.000553. The minimum atomic E-state index is -0.402. The third kappa shape index (κ3) is 2.50. The minimum Gasteiger partial charge on any atom is -0.371 e. The van der Waals surface area contributed by atoms with E-state index in [-0.39, 0.29) is 5.78 Å². The molecule has 0 fully saturated rings. The molecule has 0 aliphatic carbocycles. The first-order valence-corrected chi connectivity index (χ1v) is 5.73. The summed E-state index contributed by atoms with van der Waals surface area (Å²) in [5, 5.41) is 1.04. The van der Waals surface area contributed by atoms with Crippen molar-refractivity contribution in [3.63, 3.8) is 0 Å². The number of ketones is 1. The number of hydrogen-bond acceptors (Lipinski definition) is 3. The van der Waals surface area contributed by atoms with E-state index in [1.807, 2.05) is 37.3 Å². The van der Waals surface area contributed by atoms with Gasteiger partial charge in [0.2, 0.25) is 0 Å². The summed E-state index contributed by atoms with van der Waals surface area (Å²) in [4.78, 5) is 16.3. The van der Waals surface area contributed by atoms with Gasteiger partial charge >= 0.3 is 0 Å². The number of aromatic nitrogens is 1. The van der Waals surface area contributed by atoms with Crippen LogP contribution in [-0.4, -0.2) is 23.5 Å². The molecule has 0 bridgehead atoms. The maximum atomic E-state index is 12.0. The molecule has 0 saturated carbocycles. The largest absolute Gasteiger partial charge is 0.371 e. The first kappa shape index (κ1) is 11.7. The fourth-order valence-electron chi connectivity index (χ4n) is 1.78. The van der Waals surface area contributed by atoms with Crippen LogP contribution in [0.5, 0.6) is 0 Å². The lowest BCUT2D eigenvalue weighted by Gasteiger charge is -2.10. The number of ether oxygens (including phenoxy) is 1. The van der Waals surface area contributed by atoms with Crippen LogP contribution < -0.4 is 0 Å². The summed E-state index contributed by atoms with van der Waals surface area (Å²) in [5.74, 6) is -0.000553. The van der Waals surface area contributed by atoms with E-state index in [0.29, 0.717) is 12.2 Å². The quantitative estimate of drug-likeness (QED) is 0.757. The number of fused-ring (bicyclic) bond motifs is 1. The standard InChI is InChI=1S/C14H15NO2/c1-3-17-10(2)14(16)12-7-6-11-5-4-8-15-13(11)9-12/h4-10H,3H2,1-2H3. The maximum Gasteiger partial charge on any atom is 0.191 e. The number of pyridine rings is 1. The van der Waals surface area contributed by atoms with Crippen LogP contribution in [-0.2, 0) is 4.74 Å². The molecule has 0 amide bonds. The van der Waals surface area contributed by atoms with E-state index in [4.69, 9.17) is 4.74 Å². The highest BCUT2D eigenvalue weighted by Crippen LogP contribution is 2.15. The van der Waals surface area contributed by atoms with E-state index in [1.165, 1.54) is 0 Å². The van der Waals surface area contributed by atoms with E-state index in [0.717, 1.165) is 10.9 Å². The number of benzene rings is 1. The lowest BCUT2D eigenvalue weighted by Crippen LogP contribution is -2.20. The van der Waals surface area contributed by atoms with Crippen molar-refractivity contribution in [1.29, 1.82) is 0 Å². The van der Waals surface area contributed by atoms with Crippen molar-refractivity contribution in [3.05, 3.63) is 42.1 Å². The number of nitrogens with zero attached hydrogens (tertiary/aromatic N) is 1. The summed E-state index contributed by atoms with van der Waals surface area (Å²) in [6, 6.07) is 9.40. The Labute approximate surface area is 100 Å². The van der Waals surface area contributed by atoms with Gasteiger partial charge in [-0.3, -0.25) is 9.78 Å². The van der Waals surface area contributed by atoms with Crippen LogP contribution in [0, 0.1) is 0 Å². The number of Topliss-reactive ketones (excluding diaryl/α,β-unsaturated/α-hetero) is 1. The van der Waals surface area contributed by atoms with Crippen LogP contribution in [0.15, 0.2) is 36.5 Å². The van der Waals surface area contributed by atoms with Gasteiger partial charge in [0.05, 0.1) is 5.52 Å². The summed E-state index contributed by atoms with van der Waals surface area (Å²) < 4.78 is 5.30. The summed E-state index contributed by atoms with van der Waals surface area (Å²) in [7, 11) is 0. The molecular weight excluding hydrogens is 214 g/mol. The van der Waals surface area contributed by atoms with Crippen LogP contribution in [0.1, 0.15) is 24.2 Å². The van der Waals surface area contributed by atoms with Gasteiger partial charge in [-0.1, -0.05) is 18.2 Å². The molecule has 0 aliphatic heterocycles. The van der Waals surface area contributed by atoms with E-state index in [2.05, 4.69) is 4.98 Å². The van der Waals surface area contributed by atoms with Crippen LogP contribution in [0.4, 0.5) is 0 Å². The Hall–Kier alpha value is -1.74. The summed E-state index contributed by atoms with van der Waals surface area (Å²) >= 11 is 0. The summed E-state index contributed by atoms with van der Waals surface area (Å²) in [6.45, 7) is 4.19. The van der Waals surface area contributed by atoms with Gasteiger partial charge in [-0.2, -0.15) is 0 Å². The van der Waals surface area contributed by atoms with Gasteiger partial charge in [0.25, 0.3) is 0 Å². The Kier molecular flexibility index (Phi) is 3.49. The van der Waals surface area contributed by atoms with Crippen molar-refractivity contribution < 1.29 is 9.53 Å². The second-order valence-corrected chi connectivity index (χ2v) is 3.87. The summed E-state index contributed by atoms with van der Waals surface area (Å²) in [6.07, 6.45) is 1.32. The molecule has 0 saturated heterocycles. The SMILES string of the molecule is CCOC(C)C(=O)c1ccc2cccnc2c1. The van der Waals surface area contributed by atoms with Crippen LogP contribution >= 0.6 is 0 Å². The van der Waals surface area contributed by atoms with E-state index in [1.54, 1.807) is 13.1 Å². The number of carbonyl (C=O) groups is 1. The van der Waals surface area contributed by atoms with Crippen molar-refractivity contribution in [2.75, 3.05) is 6.61 Å². The molecule has 3 nitrogen and oxygen atoms in total. The third-order valence-electron chi connectivity index (χ3n) is 2.68. The lowest BCUT2D eigenvalue weighted by atomic mass is 10.0. The first-order chi connectivity index (χ1) is 8.22. The highest BCUT2D eigenvalue weighted by atomic mass is 16.5. The van der Waals surface area contributed by atoms with Crippen LogP contribution in [0.2, 0.25) is 0 Å². The van der Waals surface area contributed by atoms with Crippen LogP contribution in [0.3, 0.4) is 0 Å². The van der Waals surface area contributed by atoms with Crippen molar-refractivity contribution in [1.82, 2.24) is 4.98 Å². The Bertz CT molecular complexity index is 536. The molecule has 2 aromatic rings. The van der Waals surface area contributed by atoms with E-state index < -0.39 is 6.10 Å². The average Bonchev–Trinajstić information content (AvgIpc) is 2.37. The molecule has 3 heteroatoms. The highest BCUT2D eigenvalue weighted by Gasteiger charge is 2.15. The molecule has 1 unspecified atom stereocenters. The zero-order valence-corrected chi connectivity index (χ0v) is 10.0. The van der Waals surface area contributed by atoms with Gasteiger partial charge in [0, 0.05) is 23.8 Å². The molecule has 0 radical (unpaired) electrons. The van der Waals surface area contributed by atoms with Gasteiger partial charge in [0.15, 0.2) is 5.78 Å². The zero-order chi connectivity index (χ0) is 12.3. The Morgan fingerprint density at radius 2 is 2.24 bits per heavy atom. The summed E-state index contributed by atoms with van der Waals surface area (Å²) in [5.41, 5.74) is 1.49. The smallest absolute Gasteiger partial charge is 0.191 e. The third-order valence-corrected chi connectivity index (χ3v) is 2.68. The number of rotatable bonds is 4. The number of carbonyl (C=O) groups excluding carboxylic acids is 1. The van der Waals surface area contributed by atoms with Gasteiger partial charge in [-0.15, -0.1) is 0 Å². The van der Waals surface area contributed by atoms with Crippen LogP contribution in [0.25, 0.3) is 10.9 Å². The molecule has 1 aromatic carbocycles. The maximum absolute atomic E-state index is 12.0. The molecule has 17 heavy (non-hydrogen) atoms. The molecule has 0 aliphatic rings. The molecular formula is C14H15NO2. The molecule has 1 atom stereocenters. The van der Waals surface area contributed by atoms with Crippen molar-refractivity contribution in [2.45, 2.75) is 20.0 Å². The zero-order valence-electron chi connectivity index (χ0n) is 10.0. The monoisotopic (exact) mass is 229 g/mol. The number of hydrogen-bond donors (Lipinski definition) is 0. The fraction of sp³-hybridized carbons (Fsp3) is 0.286. The molecule has 0 spiro atoms. The van der Waals surface area contributed by atoms with Gasteiger partial charge in [-0.05, 0) is 26.0 Å². The molecule has 2 rings (SSSR count). The Morgan fingerprint density at radius 1 is 1.41 bits per heavy atom. The van der Waals surface area contributed by atoms with E-state index in [9.17, 15) is 4.79 Å². The average molecular weight is 229 g/mol. The molecule has 1 aromatic heterocycles. The Balaban J connectivity index is 2.33. The van der Waals surface area contributed by atoms with Crippen molar-refractivity contribution in [3.8, 4) is 0 Å². The van der Waals surface area contributed by atoms with Gasteiger partial charge in [-0.25, -0.2) is 0 Å². The Morgan fingerprint density at radius 3 is 3.00 bits per heavy atom. The van der Waals surface area contributed by atoms with Crippen molar-refractivity contribution >= 4 is 16.7 Å². The predicted octanol–water partition coefficient (Wildman–Crippen LogP) is 2.84. The lowest BCUT2D eigenvalue weighted by molar-refractivity contribution is 0.0521.